The van der Waals surface area contributed by atoms with Gasteiger partial charge >= 0.3 is 0 Å². The topological polar surface area (TPSA) is 26.0 Å². The number of nitrogens with two attached hydrogens (primary N) is 1. The third kappa shape index (κ3) is 4.91. The second-order valence-electron chi connectivity index (χ2n) is 3.50. The van der Waals surface area contributed by atoms with Crippen molar-refractivity contribution in [3.63, 3.8) is 0 Å². The molecule has 0 saturated carbocycles. The van der Waals surface area contributed by atoms with E-state index in [1.165, 1.54) is 11.1 Å². The molecule has 0 heterocycles. The van der Waals surface area contributed by atoms with Gasteiger partial charge in [0.1, 0.15) is 0 Å². The van der Waals surface area contributed by atoms with Crippen molar-refractivity contribution in [3.8, 4) is 0 Å². The highest BCUT2D eigenvalue weighted by Crippen LogP contribution is 2.06. The summed E-state index contributed by atoms with van der Waals surface area (Å²) in [5.74, 6) is 0. The van der Waals surface area contributed by atoms with Gasteiger partial charge < -0.3 is 5.73 Å². The van der Waals surface area contributed by atoms with Gasteiger partial charge in [-0.3, -0.25) is 0 Å². The Morgan fingerprint density at radius 3 is 2.23 bits per heavy atom. The molecule has 0 aliphatic rings. The van der Waals surface area contributed by atoms with E-state index in [1.54, 1.807) is 0 Å². The lowest BCUT2D eigenvalue weighted by Gasteiger charge is -2.04. The van der Waals surface area contributed by atoms with E-state index in [0.29, 0.717) is 6.04 Å². The van der Waals surface area contributed by atoms with Gasteiger partial charge in [-0.1, -0.05) is 29.8 Å². The first-order valence-electron chi connectivity index (χ1n) is 4.49. The average molecular weight is 200 g/mol. The molecule has 13 heavy (non-hydrogen) atoms. The molecule has 1 unspecified atom stereocenters. The summed E-state index contributed by atoms with van der Waals surface area (Å²) in [7, 11) is 0. The Hall–Kier alpha value is -0.530. The molecule has 0 radical (unpaired) electrons. The van der Waals surface area contributed by atoms with E-state index >= 15 is 0 Å². The lowest BCUT2D eigenvalue weighted by atomic mass is 10.1. The van der Waals surface area contributed by atoms with E-state index in [0.717, 1.165) is 12.8 Å². The van der Waals surface area contributed by atoms with Gasteiger partial charge in [-0.05, 0) is 32.3 Å². The van der Waals surface area contributed by atoms with Crippen molar-refractivity contribution in [3.05, 3.63) is 35.4 Å². The number of aryl methyl sites for hydroxylation is 2. The lowest BCUT2D eigenvalue weighted by molar-refractivity contribution is 0.666. The van der Waals surface area contributed by atoms with Gasteiger partial charge in [0.2, 0.25) is 0 Å². The van der Waals surface area contributed by atoms with E-state index in [-0.39, 0.29) is 12.4 Å². The minimum absolute atomic E-state index is 0. The molecule has 2 heteroatoms. The van der Waals surface area contributed by atoms with E-state index in [2.05, 4.69) is 31.2 Å². The van der Waals surface area contributed by atoms with Crippen molar-refractivity contribution in [2.75, 3.05) is 0 Å². The first kappa shape index (κ1) is 12.5. The van der Waals surface area contributed by atoms with E-state index in [1.807, 2.05) is 6.92 Å². The molecule has 0 aliphatic carbocycles. The summed E-state index contributed by atoms with van der Waals surface area (Å²) >= 11 is 0. The molecule has 1 aromatic carbocycles. The van der Waals surface area contributed by atoms with Gasteiger partial charge in [-0.2, -0.15) is 0 Å². The zero-order valence-electron chi connectivity index (χ0n) is 8.29. The van der Waals surface area contributed by atoms with Crippen molar-refractivity contribution in [1.82, 2.24) is 0 Å². The van der Waals surface area contributed by atoms with Gasteiger partial charge in [0.15, 0.2) is 0 Å². The molecular formula is C11H18ClN. The van der Waals surface area contributed by atoms with Crippen molar-refractivity contribution >= 4 is 12.4 Å². The molecule has 1 atom stereocenters. The standard InChI is InChI=1S/C11H17N.ClH/c1-9-3-6-11(7-4-9)8-5-10(2)12;/h3-4,6-7,10H,5,8,12H2,1-2H3;1H. The van der Waals surface area contributed by atoms with Gasteiger partial charge in [0.05, 0.1) is 0 Å². The maximum atomic E-state index is 5.67. The predicted octanol–water partition coefficient (Wildman–Crippen LogP) is 2.70. The molecule has 0 aromatic heterocycles. The Morgan fingerprint density at radius 1 is 1.23 bits per heavy atom. The maximum absolute atomic E-state index is 5.67. The van der Waals surface area contributed by atoms with Crippen LogP contribution in [0.15, 0.2) is 24.3 Å². The van der Waals surface area contributed by atoms with E-state index < -0.39 is 0 Å². The fraction of sp³-hybridized carbons (Fsp3) is 0.455. The summed E-state index contributed by atoms with van der Waals surface area (Å²) in [5.41, 5.74) is 8.38. The Bertz CT molecular complexity index is 228. The minimum Gasteiger partial charge on any atom is -0.328 e. The van der Waals surface area contributed by atoms with Crippen LogP contribution in [0.4, 0.5) is 0 Å². The maximum Gasteiger partial charge on any atom is 0.00136 e. The minimum atomic E-state index is 0. The van der Waals surface area contributed by atoms with Crippen LogP contribution in [-0.4, -0.2) is 6.04 Å². The third-order valence-corrected chi connectivity index (χ3v) is 2.01. The SMILES string of the molecule is Cc1ccc(CCC(C)N)cc1.Cl. The van der Waals surface area contributed by atoms with Crippen LogP contribution in [0.2, 0.25) is 0 Å². The van der Waals surface area contributed by atoms with Crippen molar-refractivity contribution in [2.24, 2.45) is 5.73 Å². The van der Waals surface area contributed by atoms with Gasteiger partial charge in [0.25, 0.3) is 0 Å². The highest BCUT2D eigenvalue weighted by atomic mass is 35.5. The van der Waals surface area contributed by atoms with Gasteiger partial charge in [0, 0.05) is 6.04 Å². The molecule has 2 N–H and O–H groups in total. The fourth-order valence-corrected chi connectivity index (χ4v) is 1.15. The van der Waals surface area contributed by atoms with Crippen LogP contribution in [0, 0.1) is 6.92 Å². The van der Waals surface area contributed by atoms with E-state index in [4.69, 9.17) is 5.73 Å². The number of rotatable bonds is 3. The quantitative estimate of drug-likeness (QED) is 0.796. The number of halogens is 1. The lowest BCUT2D eigenvalue weighted by Crippen LogP contribution is -2.15. The largest absolute Gasteiger partial charge is 0.328 e. The summed E-state index contributed by atoms with van der Waals surface area (Å²) in [6.45, 7) is 4.16. The summed E-state index contributed by atoms with van der Waals surface area (Å²) in [6, 6.07) is 8.97. The molecule has 0 fully saturated rings. The van der Waals surface area contributed by atoms with Crippen LogP contribution in [0.1, 0.15) is 24.5 Å². The Labute approximate surface area is 86.7 Å². The van der Waals surface area contributed by atoms with Crippen LogP contribution < -0.4 is 5.73 Å². The molecule has 0 bridgehead atoms. The molecule has 0 aliphatic heterocycles. The van der Waals surface area contributed by atoms with E-state index in [9.17, 15) is 0 Å². The second-order valence-corrected chi connectivity index (χ2v) is 3.50. The molecule has 1 rings (SSSR count). The summed E-state index contributed by atoms with van der Waals surface area (Å²) in [5, 5.41) is 0. The highest BCUT2D eigenvalue weighted by molar-refractivity contribution is 5.85. The molecular weight excluding hydrogens is 182 g/mol. The summed E-state index contributed by atoms with van der Waals surface area (Å²) in [4.78, 5) is 0. The normalized spacial score (nSPS) is 11.9. The monoisotopic (exact) mass is 199 g/mol. The molecule has 0 saturated heterocycles. The molecule has 0 amide bonds. The summed E-state index contributed by atoms with van der Waals surface area (Å²) < 4.78 is 0. The third-order valence-electron chi connectivity index (χ3n) is 2.01. The van der Waals surface area contributed by atoms with Crippen molar-refractivity contribution < 1.29 is 0 Å². The first-order chi connectivity index (χ1) is 5.68. The zero-order chi connectivity index (χ0) is 8.97. The van der Waals surface area contributed by atoms with Gasteiger partial charge in [-0.25, -0.2) is 0 Å². The van der Waals surface area contributed by atoms with Crippen molar-refractivity contribution in [2.45, 2.75) is 32.7 Å². The fourth-order valence-electron chi connectivity index (χ4n) is 1.15. The Kier molecular flexibility index (Phi) is 5.76. The molecule has 0 spiro atoms. The number of hydrogen-bond acceptors (Lipinski definition) is 1. The first-order valence-corrected chi connectivity index (χ1v) is 4.49. The van der Waals surface area contributed by atoms with Crippen LogP contribution in [-0.2, 0) is 6.42 Å². The van der Waals surface area contributed by atoms with Crippen LogP contribution in [0.5, 0.6) is 0 Å². The second kappa shape index (κ2) is 6.01. The highest BCUT2D eigenvalue weighted by Gasteiger charge is 1.95. The van der Waals surface area contributed by atoms with Crippen LogP contribution >= 0.6 is 12.4 Å². The number of hydrogen-bond donors (Lipinski definition) is 1. The van der Waals surface area contributed by atoms with Crippen LogP contribution in [0.25, 0.3) is 0 Å². The average Bonchev–Trinajstić information content (AvgIpc) is 2.03. The van der Waals surface area contributed by atoms with Crippen molar-refractivity contribution in [1.29, 1.82) is 0 Å². The molecule has 1 nitrogen and oxygen atoms in total. The van der Waals surface area contributed by atoms with Crippen LogP contribution in [0.3, 0.4) is 0 Å². The summed E-state index contributed by atoms with van der Waals surface area (Å²) in [6.07, 6.45) is 2.17. The Morgan fingerprint density at radius 2 is 1.77 bits per heavy atom. The molecule has 1 aromatic rings. The zero-order valence-corrected chi connectivity index (χ0v) is 9.10. The predicted molar refractivity (Wildman–Crippen MR) is 60.4 cm³/mol. The Balaban J connectivity index is 0.00000144. The molecule has 74 valence electrons. The smallest absolute Gasteiger partial charge is 0.00136 e. The number of benzene rings is 1. The van der Waals surface area contributed by atoms with Gasteiger partial charge in [-0.15, -0.1) is 12.4 Å².